The van der Waals surface area contributed by atoms with Gasteiger partial charge in [0.1, 0.15) is 5.76 Å². The molecule has 1 aromatic heterocycles. The molecule has 0 spiro atoms. The number of benzene rings is 1. The minimum Gasteiger partial charge on any atom is -0.451 e. The molecule has 6 heteroatoms. The van der Waals surface area contributed by atoms with Gasteiger partial charge in [0, 0.05) is 10.0 Å². The monoisotopic (exact) mass is 341 g/mol. The third-order valence-corrected chi connectivity index (χ3v) is 3.06. The summed E-state index contributed by atoms with van der Waals surface area (Å²) in [6.07, 6.45) is 0. The van der Waals surface area contributed by atoms with Crippen molar-refractivity contribution in [1.82, 2.24) is 0 Å². The molecule has 1 aromatic carbocycles. The molecule has 1 heterocycles. The van der Waals surface area contributed by atoms with Crippen molar-refractivity contribution in [3.05, 3.63) is 45.6 Å². The quantitative estimate of drug-likeness (QED) is 0.591. The van der Waals surface area contributed by atoms with E-state index in [2.05, 4.69) is 33.1 Å². The van der Waals surface area contributed by atoms with E-state index in [9.17, 15) is 4.79 Å². The average Bonchev–Trinajstić information content (AvgIpc) is 2.78. The summed E-state index contributed by atoms with van der Waals surface area (Å²) in [5.74, 6) is 0.0289. The first-order chi connectivity index (χ1) is 8.61. The third-order valence-electron chi connectivity index (χ3n) is 2.16. The molecule has 0 aliphatic rings. The second-order valence-corrected chi connectivity index (χ2v) is 4.80. The van der Waals surface area contributed by atoms with Gasteiger partial charge in [0.05, 0.1) is 10.2 Å². The van der Waals surface area contributed by atoms with E-state index >= 15 is 0 Å². The first-order valence-electron chi connectivity index (χ1n) is 4.79. The molecule has 0 fully saturated rings. The Morgan fingerprint density at radius 1 is 1.39 bits per heavy atom. The maximum atomic E-state index is 11.4. The van der Waals surface area contributed by atoms with Crippen LogP contribution in [-0.2, 0) is 0 Å². The van der Waals surface area contributed by atoms with Crippen molar-refractivity contribution in [3.8, 4) is 11.3 Å². The first-order valence-corrected chi connectivity index (χ1v) is 6.37. The number of amides is 1. The van der Waals surface area contributed by atoms with Crippen LogP contribution in [0, 0.1) is 0 Å². The SMILES string of the molecule is O=C(N=C=S)c1ccc(-c2ccc(Br)cc2Cl)o1. The van der Waals surface area contributed by atoms with Gasteiger partial charge in [-0.2, -0.15) is 0 Å². The number of carbonyl (C=O) groups excluding carboxylic acids is 1. The van der Waals surface area contributed by atoms with E-state index in [4.69, 9.17) is 16.0 Å². The second-order valence-electron chi connectivity index (χ2n) is 3.30. The fourth-order valence-electron chi connectivity index (χ4n) is 1.38. The van der Waals surface area contributed by atoms with Gasteiger partial charge in [-0.3, -0.25) is 4.79 Å². The van der Waals surface area contributed by atoms with Crippen LogP contribution in [0.3, 0.4) is 0 Å². The smallest absolute Gasteiger partial charge is 0.321 e. The maximum Gasteiger partial charge on any atom is 0.321 e. The molecule has 0 aliphatic carbocycles. The minimum absolute atomic E-state index is 0.0985. The normalized spacial score (nSPS) is 9.89. The Labute approximate surface area is 122 Å². The number of nitrogens with zero attached hydrogens (tertiary/aromatic N) is 1. The standard InChI is InChI=1S/C12H5BrClNO2S/c13-7-1-2-8(9(14)5-7)10-3-4-11(17-10)12(16)15-6-18/h1-5H. The molecule has 1 amide bonds. The van der Waals surface area contributed by atoms with Crippen LogP contribution in [0.4, 0.5) is 0 Å². The maximum absolute atomic E-state index is 11.4. The third kappa shape index (κ3) is 2.76. The molecule has 0 aliphatic heterocycles. The van der Waals surface area contributed by atoms with E-state index in [1.165, 1.54) is 6.07 Å². The van der Waals surface area contributed by atoms with Gasteiger partial charge in [0.25, 0.3) is 0 Å². The van der Waals surface area contributed by atoms with Crippen LogP contribution >= 0.6 is 39.7 Å². The van der Waals surface area contributed by atoms with Crippen molar-refractivity contribution >= 4 is 50.8 Å². The zero-order valence-corrected chi connectivity index (χ0v) is 12.0. The van der Waals surface area contributed by atoms with E-state index in [0.717, 1.165) is 4.47 Å². The Morgan fingerprint density at radius 3 is 2.83 bits per heavy atom. The topological polar surface area (TPSA) is 42.6 Å². The van der Waals surface area contributed by atoms with Crippen LogP contribution < -0.4 is 0 Å². The molecule has 90 valence electrons. The summed E-state index contributed by atoms with van der Waals surface area (Å²) >= 11 is 13.8. The summed E-state index contributed by atoms with van der Waals surface area (Å²) in [5.41, 5.74) is 0.699. The summed E-state index contributed by atoms with van der Waals surface area (Å²) in [6.45, 7) is 0. The lowest BCUT2D eigenvalue weighted by molar-refractivity contribution is 0.0978. The number of isothiocyanates is 1. The minimum atomic E-state index is -0.565. The molecule has 0 saturated carbocycles. The van der Waals surface area contributed by atoms with Crippen molar-refractivity contribution in [2.24, 2.45) is 4.99 Å². The highest BCUT2D eigenvalue weighted by atomic mass is 79.9. The Kier molecular flexibility index (Phi) is 4.09. The fraction of sp³-hybridized carbons (Fsp3) is 0. The lowest BCUT2D eigenvalue weighted by Gasteiger charge is -2.00. The van der Waals surface area contributed by atoms with Gasteiger partial charge in [-0.1, -0.05) is 27.5 Å². The lowest BCUT2D eigenvalue weighted by Crippen LogP contribution is -1.89. The lowest BCUT2D eigenvalue weighted by atomic mass is 10.2. The predicted molar refractivity (Wildman–Crippen MR) is 76.2 cm³/mol. The number of aliphatic imine (C=N–C) groups is 1. The summed E-state index contributed by atoms with van der Waals surface area (Å²) in [5, 5.41) is 2.52. The Bertz CT molecular complexity index is 662. The molecule has 0 atom stereocenters. The largest absolute Gasteiger partial charge is 0.451 e. The van der Waals surface area contributed by atoms with Crippen molar-refractivity contribution < 1.29 is 9.21 Å². The summed E-state index contributed by atoms with van der Waals surface area (Å²) in [7, 11) is 0. The Balaban J connectivity index is 2.41. The van der Waals surface area contributed by atoms with Gasteiger partial charge in [0.2, 0.25) is 0 Å². The molecule has 18 heavy (non-hydrogen) atoms. The van der Waals surface area contributed by atoms with Crippen LogP contribution in [0.1, 0.15) is 10.6 Å². The number of hydrogen-bond acceptors (Lipinski definition) is 3. The van der Waals surface area contributed by atoms with E-state index in [-0.39, 0.29) is 5.76 Å². The van der Waals surface area contributed by atoms with Crippen molar-refractivity contribution in [3.63, 3.8) is 0 Å². The first kappa shape index (κ1) is 13.2. The summed E-state index contributed by atoms with van der Waals surface area (Å²) < 4.78 is 6.24. The average molecular weight is 343 g/mol. The zero-order chi connectivity index (χ0) is 13.1. The number of rotatable bonds is 2. The van der Waals surface area contributed by atoms with Gasteiger partial charge in [-0.25, -0.2) is 0 Å². The highest BCUT2D eigenvalue weighted by Crippen LogP contribution is 2.31. The van der Waals surface area contributed by atoms with E-state index < -0.39 is 5.91 Å². The number of hydrogen-bond donors (Lipinski definition) is 0. The van der Waals surface area contributed by atoms with Crippen molar-refractivity contribution in [1.29, 1.82) is 0 Å². The van der Waals surface area contributed by atoms with Crippen molar-refractivity contribution in [2.45, 2.75) is 0 Å². The van der Waals surface area contributed by atoms with Gasteiger partial charge >= 0.3 is 5.91 Å². The van der Waals surface area contributed by atoms with Crippen LogP contribution in [0.5, 0.6) is 0 Å². The van der Waals surface area contributed by atoms with Crippen LogP contribution in [-0.4, -0.2) is 11.1 Å². The summed E-state index contributed by atoms with van der Waals surface area (Å²) in [6, 6.07) is 8.55. The highest BCUT2D eigenvalue weighted by molar-refractivity contribution is 9.10. The molecule has 2 rings (SSSR count). The molecule has 3 nitrogen and oxygen atoms in total. The van der Waals surface area contributed by atoms with Crippen LogP contribution in [0.25, 0.3) is 11.3 Å². The zero-order valence-electron chi connectivity index (χ0n) is 8.81. The number of thiocarbonyl (C=S) groups is 1. The van der Waals surface area contributed by atoms with Gasteiger partial charge in [-0.15, -0.1) is 4.99 Å². The van der Waals surface area contributed by atoms with Crippen molar-refractivity contribution in [2.75, 3.05) is 0 Å². The van der Waals surface area contributed by atoms with E-state index in [0.29, 0.717) is 16.3 Å². The number of halogens is 2. The molecule has 2 aromatic rings. The van der Waals surface area contributed by atoms with Gasteiger partial charge in [-0.05, 0) is 42.5 Å². The number of furan rings is 1. The fourth-order valence-corrected chi connectivity index (χ4v) is 2.23. The van der Waals surface area contributed by atoms with Gasteiger partial charge < -0.3 is 4.42 Å². The Morgan fingerprint density at radius 2 is 2.17 bits per heavy atom. The van der Waals surface area contributed by atoms with E-state index in [1.807, 2.05) is 11.2 Å². The molecule has 0 saturated heterocycles. The summed E-state index contributed by atoms with van der Waals surface area (Å²) in [4.78, 5) is 14.7. The predicted octanol–water partition coefficient (Wildman–Crippen LogP) is 4.61. The molecule has 0 N–H and O–H groups in total. The highest BCUT2D eigenvalue weighted by Gasteiger charge is 2.13. The molecular weight excluding hydrogens is 338 g/mol. The molecule has 0 bridgehead atoms. The number of carbonyl (C=O) groups is 1. The van der Waals surface area contributed by atoms with E-state index in [1.54, 1.807) is 18.2 Å². The van der Waals surface area contributed by atoms with Crippen LogP contribution in [0.15, 0.2) is 44.2 Å². The molecular formula is C12H5BrClNO2S. The van der Waals surface area contributed by atoms with Gasteiger partial charge in [0.15, 0.2) is 5.76 Å². The molecule has 0 unspecified atom stereocenters. The Hall–Kier alpha value is -1.26. The van der Waals surface area contributed by atoms with Crippen LogP contribution in [0.2, 0.25) is 5.02 Å². The molecule has 0 radical (unpaired) electrons. The second kappa shape index (κ2) is 5.59.